The van der Waals surface area contributed by atoms with Crippen LogP contribution in [-0.2, 0) is 22.9 Å². The van der Waals surface area contributed by atoms with Gasteiger partial charge in [0, 0.05) is 23.0 Å². The van der Waals surface area contributed by atoms with Gasteiger partial charge in [-0.3, -0.25) is 0 Å². The van der Waals surface area contributed by atoms with Gasteiger partial charge in [-0.05, 0) is 55.9 Å². The molecule has 0 aliphatic rings. The first-order chi connectivity index (χ1) is 16.0. The Kier molecular flexibility index (Phi) is 7.30. The summed E-state index contributed by atoms with van der Waals surface area (Å²) in [5, 5.41) is 2.27. The van der Waals surface area contributed by atoms with Gasteiger partial charge in [0.1, 0.15) is 5.82 Å². The molecule has 0 bridgehead atoms. The van der Waals surface area contributed by atoms with Gasteiger partial charge in [-0.15, -0.1) is 0 Å². The van der Waals surface area contributed by atoms with Gasteiger partial charge in [-0.1, -0.05) is 56.2 Å². The van der Waals surface area contributed by atoms with E-state index in [4.69, 9.17) is 5.73 Å². The number of nitrogen functional groups attached to an aromatic ring is 1. The molecule has 4 N–H and O–H groups in total. The smallest absolute Gasteiger partial charge is 0.240 e. The number of nitrogens with one attached hydrogen (secondary N) is 2. The molecule has 2 aromatic heterocycles. The van der Waals surface area contributed by atoms with Gasteiger partial charge < -0.3 is 10.7 Å². The van der Waals surface area contributed by atoms with Crippen LogP contribution in [0.15, 0.2) is 59.5 Å². The number of anilines is 1. The lowest BCUT2D eigenvalue weighted by Gasteiger charge is -2.09. The summed E-state index contributed by atoms with van der Waals surface area (Å²) in [7, 11) is -3.47. The van der Waals surface area contributed by atoms with Crippen molar-refractivity contribution >= 4 is 37.6 Å². The summed E-state index contributed by atoms with van der Waals surface area (Å²) in [5.74, 6) is 0.530. The maximum absolute atomic E-state index is 12.4. The number of H-pyrrole nitrogens is 1. The molecule has 0 saturated carbocycles. The van der Waals surface area contributed by atoms with Crippen molar-refractivity contribution in [3.05, 3.63) is 65.9 Å². The van der Waals surface area contributed by atoms with Crippen molar-refractivity contribution in [1.29, 1.82) is 0 Å². The zero-order valence-corrected chi connectivity index (χ0v) is 19.9. The van der Waals surface area contributed by atoms with Crippen molar-refractivity contribution in [1.82, 2.24) is 14.7 Å². The minimum Gasteiger partial charge on any atom is -0.382 e. The molecule has 174 valence electrons. The molecule has 0 unspecified atom stereocenters. The number of fused-ring (bicyclic) bond motifs is 3. The Morgan fingerprint density at radius 2 is 1.67 bits per heavy atom. The van der Waals surface area contributed by atoms with Gasteiger partial charge in [0.15, 0.2) is 0 Å². The van der Waals surface area contributed by atoms with Crippen molar-refractivity contribution in [2.75, 3.05) is 12.3 Å². The predicted molar refractivity (Wildman–Crippen MR) is 136 cm³/mol. The molecule has 0 amide bonds. The lowest BCUT2D eigenvalue weighted by atomic mass is 9.99. The third kappa shape index (κ3) is 5.20. The molecule has 0 aliphatic heterocycles. The van der Waals surface area contributed by atoms with E-state index in [9.17, 15) is 8.42 Å². The highest BCUT2D eigenvalue weighted by Gasteiger charge is 2.17. The molecule has 0 atom stereocenters. The first kappa shape index (κ1) is 23.3. The number of unbranched alkanes of at least 4 members (excludes halogenated alkanes) is 3. The maximum Gasteiger partial charge on any atom is 0.240 e. The van der Waals surface area contributed by atoms with Crippen LogP contribution in [0.2, 0.25) is 0 Å². The molecule has 0 saturated heterocycles. The highest BCUT2D eigenvalue weighted by Crippen LogP contribution is 2.34. The highest BCUT2D eigenvalue weighted by atomic mass is 32.2. The molecule has 0 fully saturated rings. The monoisotopic (exact) mass is 464 g/mol. The lowest BCUT2D eigenvalue weighted by molar-refractivity contribution is 0.576. The van der Waals surface area contributed by atoms with Crippen LogP contribution in [-0.4, -0.2) is 24.9 Å². The van der Waals surface area contributed by atoms with E-state index in [-0.39, 0.29) is 0 Å². The van der Waals surface area contributed by atoms with E-state index in [2.05, 4.69) is 27.7 Å². The standard InChI is InChI=1S/C26H32N4O2S/c1-2-3-5-16-22-20(15-10-11-18-28-33(31,32)19-12-6-4-7-13-19)24-21-14-8-9-17-23(21)30-26(27)25(24)29-22/h4,6-9,12-14,17,28-29H,2-3,5,10-11,15-16,18H2,1H3,(H2,27,30). The predicted octanol–water partition coefficient (Wildman–Crippen LogP) is 5.33. The molecule has 6 nitrogen and oxygen atoms in total. The quantitative estimate of drug-likeness (QED) is 0.261. The van der Waals surface area contributed by atoms with Crippen molar-refractivity contribution in [3.63, 3.8) is 0 Å². The Morgan fingerprint density at radius 3 is 2.45 bits per heavy atom. The van der Waals surface area contributed by atoms with E-state index < -0.39 is 10.0 Å². The largest absolute Gasteiger partial charge is 0.382 e. The van der Waals surface area contributed by atoms with Gasteiger partial charge >= 0.3 is 0 Å². The molecule has 0 radical (unpaired) electrons. The van der Waals surface area contributed by atoms with Crippen LogP contribution in [0.1, 0.15) is 50.3 Å². The summed E-state index contributed by atoms with van der Waals surface area (Å²) >= 11 is 0. The Bertz CT molecular complexity index is 1330. The number of nitrogens with zero attached hydrogens (tertiary/aromatic N) is 1. The van der Waals surface area contributed by atoms with Gasteiger partial charge in [0.25, 0.3) is 0 Å². The van der Waals surface area contributed by atoms with Gasteiger partial charge in [0.05, 0.1) is 15.9 Å². The maximum atomic E-state index is 12.4. The summed E-state index contributed by atoms with van der Waals surface area (Å²) in [5.41, 5.74) is 10.7. The Labute approximate surface area is 195 Å². The molecule has 4 aromatic rings. The van der Waals surface area contributed by atoms with Gasteiger partial charge in [-0.2, -0.15) is 0 Å². The number of hydrogen-bond acceptors (Lipinski definition) is 4. The number of para-hydroxylation sites is 1. The molecule has 0 aliphatic carbocycles. The summed E-state index contributed by atoms with van der Waals surface area (Å²) in [4.78, 5) is 8.46. The first-order valence-electron chi connectivity index (χ1n) is 11.7. The van der Waals surface area contributed by atoms with E-state index in [1.54, 1.807) is 24.3 Å². The number of hydrogen-bond donors (Lipinski definition) is 3. The van der Waals surface area contributed by atoms with Crippen LogP contribution in [0.3, 0.4) is 0 Å². The number of nitrogens with two attached hydrogens (primary N) is 1. The molecule has 2 heterocycles. The minimum absolute atomic E-state index is 0.300. The molecule has 2 aromatic carbocycles. The number of aryl methyl sites for hydroxylation is 2. The highest BCUT2D eigenvalue weighted by molar-refractivity contribution is 7.89. The fraction of sp³-hybridized carbons (Fsp3) is 0.346. The summed E-state index contributed by atoms with van der Waals surface area (Å²) in [6.45, 7) is 2.62. The summed E-state index contributed by atoms with van der Waals surface area (Å²) < 4.78 is 27.6. The van der Waals surface area contributed by atoms with Gasteiger partial charge in [0.2, 0.25) is 10.0 Å². The second-order valence-electron chi connectivity index (χ2n) is 8.47. The summed E-state index contributed by atoms with van der Waals surface area (Å²) in [6, 6.07) is 16.6. The van der Waals surface area contributed by atoms with E-state index in [0.717, 1.165) is 53.9 Å². The van der Waals surface area contributed by atoms with Crippen molar-refractivity contribution in [2.45, 2.75) is 56.8 Å². The Hall–Kier alpha value is -2.90. The topological polar surface area (TPSA) is 101 Å². The van der Waals surface area contributed by atoms with E-state index >= 15 is 0 Å². The van der Waals surface area contributed by atoms with E-state index in [1.165, 1.54) is 24.1 Å². The fourth-order valence-electron chi connectivity index (χ4n) is 4.41. The third-order valence-corrected chi connectivity index (χ3v) is 7.57. The second kappa shape index (κ2) is 10.4. The lowest BCUT2D eigenvalue weighted by Crippen LogP contribution is -2.24. The number of benzene rings is 2. The van der Waals surface area contributed by atoms with Crippen LogP contribution in [0, 0.1) is 0 Å². The van der Waals surface area contributed by atoms with E-state index in [0.29, 0.717) is 17.3 Å². The third-order valence-electron chi connectivity index (χ3n) is 6.09. The Morgan fingerprint density at radius 1 is 0.939 bits per heavy atom. The molecular weight excluding hydrogens is 432 g/mol. The SMILES string of the molecule is CCCCCc1[nH]c2c(N)nc3ccccc3c2c1CCCCNS(=O)(=O)c1ccccc1. The number of aromatic nitrogens is 2. The average molecular weight is 465 g/mol. The molecule has 7 heteroatoms. The number of pyridine rings is 1. The minimum atomic E-state index is -3.47. The molecule has 4 rings (SSSR count). The molecular formula is C26H32N4O2S. The number of aromatic amines is 1. The van der Waals surface area contributed by atoms with Crippen LogP contribution in [0.25, 0.3) is 21.8 Å². The van der Waals surface area contributed by atoms with Crippen LogP contribution in [0.5, 0.6) is 0 Å². The van der Waals surface area contributed by atoms with Crippen LogP contribution in [0.4, 0.5) is 5.82 Å². The second-order valence-corrected chi connectivity index (χ2v) is 10.2. The number of rotatable bonds is 11. The van der Waals surface area contributed by atoms with Crippen LogP contribution < -0.4 is 10.5 Å². The zero-order chi connectivity index (χ0) is 23.3. The first-order valence-corrected chi connectivity index (χ1v) is 13.2. The Balaban J connectivity index is 1.52. The average Bonchev–Trinajstić information content (AvgIpc) is 3.19. The van der Waals surface area contributed by atoms with Crippen molar-refractivity contribution in [3.8, 4) is 0 Å². The zero-order valence-electron chi connectivity index (χ0n) is 19.1. The number of sulfonamides is 1. The van der Waals surface area contributed by atoms with Crippen molar-refractivity contribution in [2.24, 2.45) is 0 Å². The summed E-state index contributed by atoms with van der Waals surface area (Å²) in [6.07, 6.45) is 6.95. The van der Waals surface area contributed by atoms with Crippen molar-refractivity contribution < 1.29 is 8.42 Å². The van der Waals surface area contributed by atoms with Gasteiger partial charge in [-0.25, -0.2) is 18.1 Å². The normalized spacial score (nSPS) is 12.0. The molecule has 33 heavy (non-hydrogen) atoms. The molecule has 0 spiro atoms. The fourth-order valence-corrected chi connectivity index (χ4v) is 5.50. The van der Waals surface area contributed by atoms with E-state index in [1.807, 2.05) is 24.3 Å². The van der Waals surface area contributed by atoms with Crippen LogP contribution >= 0.6 is 0 Å².